The maximum atomic E-state index is 13.2. The Labute approximate surface area is 188 Å². The molecule has 0 aliphatic rings. The highest BCUT2D eigenvalue weighted by Gasteiger charge is 2.31. The summed E-state index contributed by atoms with van der Waals surface area (Å²) in [7, 11) is 1.56. The number of hydrogen-bond acceptors (Lipinski definition) is 6. The summed E-state index contributed by atoms with van der Waals surface area (Å²) in [6.07, 6.45) is -3.31. The lowest BCUT2D eigenvalue weighted by molar-refractivity contribution is -0.274. The van der Waals surface area contributed by atoms with Crippen molar-refractivity contribution < 1.29 is 22.7 Å². The molecule has 0 fully saturated rings. The number of halogens is 3. The maximum absolute atomic E-state index is 13.2. The molecule has 4 rings (SSSR count). The minimum absolute atomic E-state index is 0.0529. The van der Waals surface area contributed by atoms with Gasteiger partial charge in [0.05, 0.1) is 11.1 Å². The molecule has 0 saturated carbocycles. The van der Waals surface area contributed by atoms with Crippen molar-refractivity contribution in [1.82, 2.24) is 14.3 Å². The summed E-state index contributed by atoms with van der Waals surface area (Å²) in [5, 5.41) is 7.53. The van der Waals surface area contributed by atoms with Gasteiger partial charge in [-0.25, -0.2) is 0 Å². The lowest BCUT2D eigenvalue weighted by Crippen LogP contribution is -2.25. The summed E-state index contributed by atoms with van der Waals surface area (Å²) in [6, 6.07) is 11.8. The lowest BCUT2D eigenvalue weighted by Gasteiger charge is -2.14. The molecule has 0 bridgehead atoms. The molecule has 9 nitrogen and oxygen atoms in total. The van der Waals surface area contributed by atoms with E-state index < -0.39 is 23.6 Å². The zero-order chi connectivity index (χ0) is 24.6. The van der Waals surface area contributed by atoms with Crippen molar-refractivity contribution in [2.45, 2.75) is 6.36 Å². The molecule has 0 spiro atoms. The predicted molar refractivity (Wildman–Crippen MR) is 118 cm³/mol. The van der Waals surface area contributed by atoms with Crippen LogP contribution in [0.2, 0.25) is 0 Å². The van der Waals surface area contributed by atoms with Crippen molar-refractivity contribution in [2.75, 3.05) is 5.32 Å². The van der Waals surface area contributed by atoms with Crippen LogP contribution in [0.3, 0.4) is 0 Å². The van der Waals surface area contributed by atoms with Gasteiger partial charge in [0.2, 0.25) is 5.91 Å². The minimum Gasteiger partial charge on any atom is -0.406 e. The quantitative estimate of drug-likeness (QED) is 0.462. The van der Waals surface area contributed by atoms with Gasteiger partial charge >= 0.3 is 6.36 Å². The smallest absolute Gasteiger partial charge is 0.406 e. The number of aromatic nitrogens is 3. The normalized spacial score (nSPS) is 11.4. The number of carbonyl (C=O) groups excluding carboxylic acids is 1. The minimum atomic E-state index is -4.87. The van der Waals surface area contributed by atoms with Gasteiger partial charge in [-0.15, -0.1) is 18.3 Å². The van der Waals surface area contributed by atoms with E-state index in [-0.39, 0.29) is 33.7 Å². The molecule has 34 heavy (non-hydrogen) atoms. The topological polar surface area (TPSA) is 121 Å². The van der Waals surface area contributed by atoms with Crippen molar-refractivity contribution in [3.63, 3.8) is 0 Å². The Bertz CT molecular complexity index is 1530. The number of benzene rings is 2. The molecule has 12 heteroatoms. The number of nitrogens with zero attached hydrogens (tertiary/aromatic N) is 3. The van der Waals surface area contributed by atoms with Gasteiger partial charge < -0.3 is 20.4 Å². The number of carbonyl (C=O) groups is 1. The van der Waals surface area contributed by atoms with Gasteiger partial charge in [-0.05, 0) is 54.6 Å². The van der Waals surface area contributed by atoms with Gasteiger partial charge in [0.1, 0.15) is 11.4 Å². The van der Waals surface area contributed by atoms with E-state index in [9.17, 15) is 27.6 Å². The van der Waals surface area contributed by atoms with Crippen LogP contribution >= 0.6 is 0 Å². The van der Waals surface area contributed by atoms with Gasteiger partial charge in [0.15, 0.2) is 5.82 Å². The van der Waals surface area contributed by atoms with E-state index >= 15 is 0 Å². The van der Waals surface area contributed by atoms with Gasteiger partial charge in [0, 0.05) is 24.2 Å². The van der Waals surface area contributed by atoms with Crippen LogP contribution in [0.25, 0.3) is 16.5 Å². The van der Waals surface area contributed by atoms with Crippen LogP contribution in [0.15, 0.2) is 70.4 Å². The van der Waals surface area contributed by atoms with Crippen LogP contribution in [0.5, 0.6) is 5.75 Å². The third kappa shape index (κ3) is 4.46. The molecule has 2 aromatic heterocycles. The largest absolute Gasteiger partial charge is 0.573 e. The number of pyridine rings is 1. The second-order valence-corrected chi connectivity index (χ2v) is 7.19. The van der Waals surface area contributed by atoms with E-state index in [1.54, 1.807) is 19.3 Å². The molecule has 0 unspecified atom stereocenters. The maximum Gasteiger partial charge on any atom is 0.573 e. The van der Waals surface area contributed by atoms with Gasteiger partial charge in [-0.1, -0.05) is 0 Å². The van der Waals surface area contributed by atoms with Gasteiger partial charge in [-0.2, -0.15) is 4.68 Å². The number of rotatable bonds is 5. The molecule has 0 saturated heterocycles. The first kappa shape index (κ1) is 22.6. The molecule has 0 aliphatic heterocycles. The number of alkyl halides is 3. The summed E-state index contributed by atoms with van der Waals surface area (Å²) in [4.78, 5) is 37.3. The molecule has 2 heterocycles. The zero-order valence-corrected chi connectivity index (χ0v) is 17.5. The molecule has 1 amide bonds. The van der Waals surface area contributed by atoms with E-state index in [0.717, 1.165) is 16.8 Å². The first-order valence-corrected chi connectivity index (χ1v) is 9.69. The fraction of sp³-hybridized carbons (Fsp3) is 0.0909. The van der Waals surface area contributed by atoms with Crippen LogP contribution in [0.1, 0.15) is 10.4 Å². The Morgan fingerprint density at radius 3 is 2.38 bits per heavy atom. The first-order valence-electron chi connectivity index (χ1n) is 9.69. The van der Waals surface area contributed by atoms with Crippen molar-refractivity contribution in [3.8, 4) is 11.4 Å². The summed E-state index contributed by atoms with van der Waals surface area (Å²) in [5.74, 6) is -1.14. The highest BCUT2D eigenvalue weighted by Crippen LogP contribution is 2.25. The SMILES string of the molecule is Cn1cccc(Nc2nn(-c3ccc(OC(F)(F)F)cc3)c(=O)c3cc(C(N)=O)ccc23)c1=O. The fourth-order valence-corrected chi connectivity index (χ4v) is 3.27. The molecule has 174 valence electrons. The number of hydrogen-bond donors (Lipinski definition) is 2. The van der Waals surface area contributed by atoms with Gasteiger partial charge in [-0.3, -0.25) is 14.4 Å². The molecular weight excluding hydrogens is 455 g/mol. The van der Waals surface area contributed by atoms with Crippen LogP contribution in [-0.4, -0.2) is 26.6 Å². The van der Waals surface area contributed by atoms with Crippen molar-refractivity contribution in [2.24, 2.45) is 12.8 Å². The number of ether oxygens (including phenoxy) is 1. The summed E-state index contributed by atoms with van der Waals surface area (Å²) >= 11 is 0. The third-order valence-corrected chi connectivity index (χ3v) is 4.87. The number of amides is 1. The van der Waals surface area contributed by atoms with Crippen molar-refractivity contribution in [3.05, 3.63) is 87.1 Å². The summed E-state index contributed by atoms with van der Waals surface area (Å²) < 4.78 is 43.5. The van der Waals surface area contributed by atoms with E-state index in [2.05, 4.69) is 15.2 Å². The van der Waals surface area contributed by atoms with Crippen LogP contribution < -0.4 is 26.9 Å². The van der Waals surface area contributed by atoms with E-state index in [1.165, 1.54) is 41.0 Å². The summed E-state index contributed by atoms with van der Waals surface area (Å²) in [6.45, 7) is 0. The van der Waals surface area contributed by atoms with Crippen molar-refractivity contribution >= 4 is 28.2 Å². The van der Waals surface area contributed by atoms with Gasteiger partial charge in [0.25, 0.3) is 11.1 Å². The Balaban J connectivity index is 1.90. The monoisotopic (exact) mass is 471 g/mol. The lowest BCUT2D eigenvalue weighted by atomic mass is 10.1. The highest BCUT2D eigenvalue weighted by molar-refractivity contribution is 6.00. The second-order valence-electron chi connectivity index (χ2n) is 7.19. The molecule has 3 N–H and O–H groups in total. The number of fused-ring (bicyclic) bond motifs is 1. The molecule has 0 radical (unpaired) electrons. The van der Waals surface area contributed by atoms with E-state index in [1.807, 2.05) is 0 Å². The van der Waals surface area contributed by atoms with Crippen LogP contribution in [-0.2, 0) is 7.05 Å². The van der Waals surface area contributed by atoms with Crippen LogP contribution in [0.4, 0.5) is 24.7 Å². The van der Waals surface area contributed by atoms with Crippen LogP contribution in [0, 0.1) is 0 Å². The number of nitrogens with two attached hydrogens (primary N) is 1. The number of nitrogens with one attached hydrogen (secondary N) is 1. The first-order chi connectivity index (χ1) is 16.0. The Morgan fingerprint density at radius 2 is 1.74 bits per heavy atom. The number of primary amides is 1. The Kier molecular flexibility index (Phi) is 5.57. The predicted octanol–water partition coefficient (Wildman–Crippen LogP) is 2.83. The average molecular weight is 471 g/mol. The molecule has 2 aromatic carbocycles. The van der Waals surface area contributed by atoms with E-state index in [0.29, 0.717) is 5.39 Å². The summed E-state index contributed by atoms with van der Waals surface area (Å²) in [5.41, 5.74) is 4.67. The standard InChI is InChI=1S/C22H16F3N5O4/c1-29-10-2-3-17(21(29)33)27-19-15-9-4-12(18(26)31)11-16(15)20(32)30(28-19)13-5-7-14(8-6-13)34-22(23,24)25/h2-11H,1H3,(H2,26,31)(H,27,28). The Hall–Kier alpha value is -4.61. The molecular formula is C22H16F3N5O4. The second kappa shape index (κ2) is 8.39. The highest BCUT2D eigenvalue weighted by atomic mass is 19.4. The van der Waals surface area contributed by atoms with Crippen molar-refractivity contribution in [1.29, 1.82) is 0 Å². The fourth-order valence-electron chi connectivity index (χ4n) is 3.27. The Morgan fingerprint density at radius 1 is 1.03 bits per heavy atom. The number of anilines is 2. The molecule has 0 aliphatic carbocycles. The number of aryl methyl sites for hydroxylation is 1. The zero-order valence-electron chi connectivity index (χ0n) is 17.5. The third-order valence-electron chi connectivity index (χ3n) is 4.87. The average Bonchev–Trinajstić information content (AvgIpc) is 2.78. The molecule has 0 atom stereocenters. The molecule has 4 aromatic rings. The van der Waals surface area contributed by atoms with E-state index in [4.69, 9.17) is 5.73 Å².